The summed E-state index contributed by atoms with van der Waals surface area (Å²) in [6.45, 7) is 3.45. The van der Waals surface area contributed by atoms with Crippen molar-refractivity contribution in [1.82, 2.24) is 0 Å². The van der Waals surface area contributed by atoms with Crippen LogP contribution in [0.2, 0.25) is 5.02 Å². The van der Waals surface area contributed by atoms with Gasteiger partial charge < -0.3 is 0 Å². The quantitative estimate of drug-likeness (QED) is 0.611. The second-order valence-electron chi connectivity index (χ2n) is 4.50. The first-order chi connectivity index (χ1) is 8.90. The standard InChI is InChI=1S/C15H12BrClF2/c1-8-5-11(6-9(2)15(8)19)14(16)10-3-4-13(18)12(17)7-10/h3-7,14H,1-2H3. The summed E-state index contributed by atoms with van der Waals surface area (Å²) in [5.41, 5.74) is 2.93. The first-order valence-corrected chi connectivity index (χ1v) is 7.05. The highest BCUT2D eigenvalue weighted by molar-refractivity contribution is 9.09. The van der Waals surface area contributed by atoms with Crippen molar-refractivity contribution in [3.8, 4) is 0 Å². The molecule has 0 heterocycles. The molecule has 0 spiro atoms. The maximum absolute atomic E-state index is 13.6. The molecule has 0 saturated heterocycles. The number of halogens is 4. The van der Waals surface area contributed by atoms with E-state index >= 15 is 0 Å². The Balaban J connectivity index is 2.43. The predicted molar refractivity (Wildman–Crippen MR) is 78.1 cm³/mol. The molecule has 0 nitrogen and oxygen atoms in total. The summed E-state index contributed by atoms with van der Waals surface area (Å²) in [6, 6.07) is 8.12. The van der Waals surface area contributed by atoms with Crippen LogP contribution in [0.1, 0.15) is 27.1 Å². The smallest absolute Gasteiger partial charge is 0.141 e. The van der Waals surface area contributed by atoms with Gasteiger partial charge in [-0.05, 0) is 48.2 Å². The van der Waals surface area contributed by atoms with Crippen LogP contribution >= 0.6 is 27.5 Å². The van der Waals surface area contributed by atoms with Crippen LogP contribution in [0.5, 0.6) is 0 Å². The third kappa shape index (κ3) is 2.98. The van der Waals surface area contributed by atoms with Gasteiger partial charge in [0, 0.05) is 0 Å². The molecule has 0 saturated carbocycles. The van der Waals surface area contributed by atoms with Gasteiger partial charge in [0.2, 0.25) is 0 Å². The zero-order valence-electron chi connectivity index (χ0n) is 10.5. The van der Waals surface area contributed by atoms with Gasteiger partial charge >= 0.3 is 0 Å². The molecule has 4 heteroatoms. The maximum Gasteiger partial charge on any atom is 0.141 e. The van der Waals surface area contributed by atoms with Gasteiger partial charge in [-0.1, -0.05) is 45.7 Å². The minimum absolute atomic E-state index is 0.0810. The van der Waals surface area contributed by atoms with Crippen molar-refractivity contribution in [2.45, 2.75) is 18.7 Å². The fourth-order valence-corrected chi connectivity index (χ4v) is 2.73. The van der Waals surface area contributed by atoms with Crippen molar-refractivity contribution >= 4 is 27.5 Å². The van der Waals surface area contributed by atoms with E-state index in [0.717, 1.165) is 11.1 Å². The molecule has 2 aromatic rings. The van der Waals surface area contributed by atoms with E-state index in [1.165, 1.54) is 6.07 Å². The number of alkyl halides is 1. The number of aryl methyl sites for hydroxylation is 2. The lowest BCUT2D eigenvalue weighted by atomic mass is 10.00. The van der Waals surface area contributed by atoms with Crippen LogP contribution < -0.4 is 0 Å². The average molecular weight is 346 g/mol. The van der Waals surface area contributed by atoms with Crippen molar-refractivity contribution < 1.29 is 8.78 Å². The van der Waals surface area contributed by atoms with E-state index in [0.29, 0.717) is 11.1 Å². The Morgan fingerprint density at radius 3 is 2.11 bits per heavy atom. The zero-order chi connectivity index (χ0) is 14.2. The number of rotatable bonds is 2. The molecule has 19 heavy (non-hydrogen) atoms. The third-order valence-corrected chi connectivity index (χ3v) is 4.33. The van der Waals surface area contributed by atoms with Crippen molar-refractivity contribution in [2.24, 2.45) is 0 Å². The van der Waals surface area contributed by atoms with Crippen LogP contribution in [0.3, 0.4) is 0 Å². The highest BCUT2D eigenvalue weighted by Crippen LogP contribution is 2.34. The predicted octanol–water partition coefficient (Wildman–Crippen LogP) is 5.72. The molecule has 1 atom stereocenters. The summed E-state index contributed by atoms with van der Waals surface area (Å²) in [7, 11) is 0. The molecule has 0 amide bonds. The SMILES string of the molecule is Cc1cc(C(Br)c2ccc(F)c(Cl)c2)cc(C)c1F. The molecule has 0 aliphatic heterocycles. The molecule has 0 N–H and O–H groups in total. The van der Waals surface area contributed by atoms with Crippen LogP contribution in [0, 0.1) is 25.5 Å². The number of hydrogen-bond acceptors (Lipinski definition) is 0. The lowest BCUT2D eigenvalue weighted by molar-refractivity contribution is 0.608. The molecule has 2 rings (SSSR count). The second kappa shape index (κ2) is 5.59. The van der Waals surface area contributed by atoms with Crippen molar-refractivity contribution in [3.63, 3.8) is 0 Å². The highest BCUT2D eigenvalue weighted by Gasteiger charge is 2.15. The van der Waals surface area contributed by atoms with E-state index in [2.05, 4.69) is 15.9 Å². The first kappa shape index (κ1) is 14.5. The second-order valence-corrected chi connectivity index (χ2v) is 5.83. The summed E-state index contributed by atoms with van der Waals surface area (Å²) in [6.07, 6.45) is 0. The summed E-state index contributed by atoms with van der Waals surface area (Å²) < 4.78 is 26.8. The third-order valence-electron chi connectivity index (χ3n) is 2.99. The topological polar surface area (TPSA) is 0 Å². The Morgan fingerprint density at radius 1 is 1.00 bits per heavy atom. The van der Waals surface area contributed by atoms with Crippen LogP contribution in [-0.2, 0) is 0 Å². The van der Waals surface area contributed by atoms with Gasteiger partial charge in [-0.2, -0.15) is 0 Å². The molecule has 0 aliphatic rings. The van der Waals surface area contributed by atoms with Gasteiger partial charge in [0.1, 0.15) is 11.6 Å². The Morgan fingerprint density at radius 2 is 1.58 bits per heavy atom. The van der Waals surface area contributed by atoms with Gasteiger partial charge in [0.15, 0.2) is 0 Å². The molecular weight excluding hydrogens is 334 g/mol. The van der Waals surface area contributed by atoms with Crippen molar-refractivity contribution in [3.05, 3.63) is 69.2 Å². The zero-order valence-corrected chi connectivity index (χ0v) is 12.8. The Labute approximate surface area is 124 Å². The van der Waals surface area contributed by atoms with Gasteiger partial charge in [-0.3, -0.25) is 0 Å². The van der Waals surface area contributed by atoms with Gasteiger partial charge in [-0.25, -0.2) is 8.78 Å². The maximum atomic E-state index is 13.6. The summed E-state index contributed by atoms with van der Waals surface area (Å²) >= 11 is 9.32. The van der Waals surface area contributed by atoms with Crippen LogP contribution in [-0.4, -0.2) is 0 Å². The molecule has 100 valence electrons. The first-order valence-electron chi connectivity index (χ1n) is 5.76. The monoisotopic (exact) mass is 344 g/mol. The minimum Gasteiger partial charge on any atom is -0.206 e. The summed E-state index contributed by atoms with van der Waals surface area (Å²) in [5, 5.41) is 0.0810. The van der Waals surface area contributed by atoms with Crippen LogP contribution in [0.4, 0.5) is 8.78 Å². The number of benzene rings is 2. The van der Waals surface area contributed by atoms with E-state index in [4.69, 9.17) is 11.6 Å². The molecule has 2 aromatic carbocycles. The largest absolute Gasteiger partial charge is 0.206 e. The Kier molecular flexibility index (Phi) is 4.26. The van der Waals surface area contributed by atoms with Crippen molar-refractivity contribution in [1.29, 1.82) is 0 Å². The molecule has 0 radical (unpaired) electrons. The normalized spacial score (nSPS) is 12.5. The van der Waals surface area contributed by atoms with E-state index in [1.807, 2.05) is 0 Å². The van der Waals surface area contributed by atoms with Gasteiger partial charge in [-0.15, -0.1) is 0 Å². The van der Waals surface area contributed by atoms with E-state index in [-0.39, 0.29) is 15.7 Å². The molecular formula is C15H12BrClF2. The fourth-order valence-electron chi connectivity index (χ4n) is 1.99. The summed E-state index contributed by atoms with van der Waals surface area (Å²) in [4.78, 5) is -0.149. The number of hydrogen-bond donors (Lipinski definition) is 0. The molecule has 0 aromatic heterocycles. The van der Waals surface area contributed by atoms with E-state index in [9.17, 15) is 8.78 Å². The Hall–Kier alpha value is -0.930. The van der Waals surface area contributed by atoms with E-state index < -0.39 is 5.82 Å². The lowest BCUT2D eigenvalue weighted by Crippen LogP contribution is -1.98. The Bertz CT molecular complexity index is 603. The van der Waals surface area contributed by atoms with Crippen molar-refractivity contribution in [2.75, 3.05) is 0 Å². The minimum atomic E-state index is -0.448. The summed E-state index contributed by atoms with van der Waals surface area (Å²) in [5.74, 6) is -0.642. The molecule has 0 aliphatic carbocycles. The van der Waals surface area contributed by atoms with Gasteiger partial charge in [0.05, 0.1) is 9.85 Å². The molecule has 0 fully saturated rings. The highest BCUT2D eigenvalue weighted by atomic mass is 79.9. The van der Waals surface area contributed by atoms with E-state index in [1.54, 1.807) is 38.1 Å². The lowest BCUT2D eigenvalue weighted by Gasteiger charge is -2.14. The molecule has 0 bridgehead atoms. The van der Waals surface area contributed by atoms with Gasteiger partial charge in [0.25, 0.3) is 0 Å². The van der Waals surface area contributed by atoms with Crippen LogP contribution in [0.15, 0.2) is 30.3 Å². The molecule has 1 unspecified atom stereocenters. The fraction of sp³-hybridized carbons (Fsp3) is 0.200. The average Bonchev–Trinajstić information content (AvgIpc) is 2.37. The van der Waals surface area contributed by atoms with Crippen LogP contribution in [0.25, 0.3) is 0 Å².